The van der Waals surface area contributed by atoms with Crippen molar-refractivity contribution in [3.05, 3.63) is 143 Å². The molecule has 7 rings (SSSR count). The van der Waals surface area contributed by atoms with Crippen LogP contribution < -0.4 is 28.4 Å². The minimum atomic E-state index is -0.408. The van der Waals surface area contributed by atoms with Gasteiger partial charge >= 0.3 is 41.8 Å². The number of aliphatic hydroxyl groups excluding tert-OH is 1. The summed E-state index contributed by atoms with van der Waals surface area (Å²) in [6.07, 6.45) is 50.5. The first-order valence-corrected chi connectivity index (χ1v) is 48.6. The van der Waals surface area contributed by atoms with E-state index >= 15 is 0 Å². The Bertz CT molecular complexity index is 3580. The molecule has 0 bridgehead atoms. The number of carbonyl (C=O) groups excluding carboxylic acids is 7. The minimum absolute atomic E-state index is 0.0579. The maximum Gasteiger partial charge on any atom is 0.343 e. The summed E-state index contributed by atoms with van der Waals surface area (Å²) in [5, 5.41) is 8.93. The van der Waals surface area contributed by atoms with Crippen molar-refractivity contribution >= 4 is 41.8 Å². The third kappa shape index (κ3) is 49.5. The maximum atomic E-state index is 12.9. The molecule has 19 heteroatoms. The van der Waals surface area contributed by atoms with Crippen LogP contribution in [0, 0.1) is 11.8 Å². The quantitative estimate of drug-likeness (QED) is 0.0165. The van der Waals surface area contributed by atoms with Crippen molar-refractivity contribution in [1.29, 1.82) is 0 Å². The number of aliphatic hydroxyl groups is 1. The van der Waals surface area contributed by atoms with Crippen LogP contribution in [-0.4, -0.2) is 113 Å². The molecule has 2 aliphatic carbocycles. The Balaban J connectivity index is 0.000000334. The molecule has 0 spiro atoms. The van der Waals surface area contributed by atoms with E-state index in [1.165, 1.54) is 165 Å². The number of carbonyl (C=O) groups is 7. The van der Waals surface area contributed by atoms with Crippen LogP contribution in [0.5, 0.6) is 34.5 Å². The SMILES string of the molecule is CCCCCC1CCC(c2ccc(OC(=O)c3ccc(OCCCCCCCCOC(=O)CCC(=O)OCC)cc3)cc2)CC1.CCCCCCCCOc1ccc(OCCCCCCCCOC(=O)CCC(=O)OCCC)c(C(=O)OCCCCCCO)c1.CCCCCCCOc1ccc(C(=O)Oc2ccc(C3CCC(CCCCC)CC3)cc2)cc1. The number of hydrogen-bond donors (Lipinski definition) is 1. The van der Waals surface area contributed by atoms with Gasteiger partial charge in [0.05, 0.1) is 96.3 Å². The second-order valence-corrected chi connectivity index (χ2v) is 33.6. The van der Waals surface area contributed by atoms with E-state index in [0.29, 0.717) is 104 Å². The Morgan fingerprint density at radius 2 is 0.597 bits per heavy atom. The van der Waals surface area contributed by atoms with E-state index in [1.54, 1.807) is 43.3 Å². The predicted molar refractivity (Wildman–Crippen MR) is 493 cm³/mol. The van der Waals surface area contributed by atoms with Crippen molar-refractivity contribution in [1.82, 2.24) is 0 Å². The van der Waals surface area contributed by atoms with Gasteiger partial charge in [0, 0.05) is 6.61 Å². The Labute approximate surface area is 745 Å². The van der Waals surface area contributed by atoms with Crippen molar-refractivity contribution < 1.29 is 90.8 Å². The third-order valence-electron chi connectivity index (χ3n) is 23.1. The van der Waals surface area contributed by atoms with E-state index in [0.717, 1.165) is 158 Å². The largest absolute Gasteiger partial charge is 0.494 e. The van der Waals surface area contributed by atoms with E-state index < -0.39 is 5.97 Å². The monoisotopic (exact) mass is 1720 g/mol. The van der Waals surface area contributed by atoms with E-state index in [2.05, 4.69) is 52.0 Å². The van der Waals surface area contributed by atoms with Crippen LogP contribution in [0.2, 0.25) is 0 Å². The Hall–Kier alpha value is -8.45. The highest BCUT2D eigenvalue weighted by Gasteiger charge is 2.25. The van der Waals surface area contributed by atoms with Crippen LogP contribution in [0.4, 0.5) is 0 Å². The molecular formula is C105H158O19. The summed E-state index contributed by atoms with van der Waals surface area (Å²) >= 11 is 0. The van der Waals surface area contributed by atoms with Gasteiger partial charge in [0.15, 0.2) is 0 Å². The summed E-state index contributed by atoms with van der Waals surface area (Å²) in [6.45, 7) is 17.1. The molecule has 2 fully saturated rings. The molecule has 124 heavy (non-hydrogen) atoms. The number of ether oxygens (including phenoxy) is 11. The van der Waals surface area contributed by atoms with Crippen LogP contribution in [0.15, 0.2) is 115 Å². The number of esters is 7. The van der Waals surface area contributed by atoms with Crippen LogP contribution in [0.1, 0.15) is 404 Å². The topological polar surface area (TPSA) is 241 Å². The fraction of sp³-hybridized carbons (Fsp3) is 0.648. The number of benzene rings is 5. The second kappa shape index (κ2) is 69.7. The van der Waals surface area contributed by atoms with Crippen molar-refractivity contribution in [2.45, 2.75) is 362 Å². The summed E-state index contributed by atoms with van der Waals surface area (Å²) in [4.78, 5) is 84.3. The maximum absolute atomic E-state index is 12.9. The van der Waals surface area contributed by atoms with E-state index in [1.807, 2.05) is 61.5 Å². The molecule has 0 aromatic heterocycles. The Kier molecular flexibility index (Phi) is 59.6. The second-order valence-electron chi connectivity index (χ2n) is 33.6. The molecule has 5 aromatic carbocycles. The van der Waals surface area contributed by atoms with Crippen LogP contribution in [0.3, 0.4) is 0 Å². The molecule has 0 saturated heterocycles. The first kappa shape index (κ1) is 106. The first-order valence-electron chi connectivity index (χ1n) is 48.6. The molecule has 5 aromatic rings. The van der Waals surface area contributed by atoms with Gasteiger partial charge in [-0.2, -0.15) is 0 Å². The highest BCUT2D eigenvalue weighted by atomic mass is 16.6. The summed E-state index contributed by atoms with van der Waals surface area (Å²) < 4.78 is 60.5. The van der Waals surface area contributed by atoms with Gasteiger partial charge in [0.25, 0.3) is 0 Å². The van der Waals surface area contributed by atoms with Crippen molar-refractivity contribution in [2.24, 2.45) is 11.8 Å². The van der Waals surface area contributed by atoms with Crippen LogP contribution in [-0.2, 0) is 42.9 Å². The van der Waals surface area contributed by atoms with Crippen molar-refractivity contribution in [3.63, 3.8) is 0 Å². The van der Waals surface area contributed by atoms with Gasteiger partial charge in [-0.1, -0.05) is 226 Å². The fourth-order valence-electron chi connectivity index (χ4n) is 15.6. The Morgan fingerprint density at radius 3 is 0.976 bits per heavy atom. The molecule has 2 aliphatic rings. The first-order chi connectivity index (χ1) is 60.7. The van der Waals surface area contributed by atoms with Gasteiger partial charge < -0.3 is 57.2 Å². The van der Waals surface area contributed by atoms with E-state index in [4.69, 9.17) is 57.2 Å². The van der Waals surface area contributed by atoms with Crippen molar-refractivity contribution in [2.75, 3.05) is 66.1 Å². The van der Waals surface area contributed by atoms with Crippen LogP contribution in [0.25, 0.3) is 0 Å². The molecule has 0 unspecified atom stereocenters. The van der Waals surface area contributed by atoms with Crippen LogP contribution >= 0.6 is 0 Å². The van der Waals surface area contributed by atoms with Gasteiger partial charge in [-0.3, -0.25) is 19.2 Å². The third-order valence-corrected chi connectivity index (χ3v) is 23.1. The smallest absolute Gasteiger partial charge is 0.343 e. The molecule has 1 N–H and O–H groups in total. The summed E-state index contributed by atoms with van der Waals surface area (Å²) in [7, 11) is 0. The summed E-state index contributed by atoms with van der Waals surface area (Å²) in [6, 6.07) is 36.0. The zero-order chi connectivity index (χ0) is 88.9. The fourth-order valence-corrected chi connectivity index (χ4v) is 15.6. The molecule has 0 radical (unpaired) electrons. The normalized spacial score (nSPS) is 14.7. The minimum Gasteiger partial charge on any atom is -0.494 e. The van der Waals surface area contributed by atoms with Gasteiger partial charge in [-0.15, -0.1) is 0 Å². The average Bonchev–Trinajstić information content (AvgIpc) is 0.849. The van der Waals surface area contributed by atoms with Gasteiger partial charge in [-0.25, -0.2) is 14.4 Å². The van der Waals surface area contributed by atoms with Gasteiger partial charge in [0.2, 0.25) is 0 Å². The number of unbranched alkanes of at least 4 members (excludes halogenated alkanes) is 26. The van der Waals surface area contributed by atoms with Gasteiger partial charge in [-0.05, 0) is 248 Å². The average molecular weight is 1720 g/mol. The molecule has 0 aliphatic heterocycles. The lowest BCUT2D eigenvalue weighted by Gasteiger charge is -2.29. The summed E-state index contributed by atoms with van der Waals surface area (Å²) in [5.74, 6) is 4.41. The summed E-state index contributed by atoms with van der Waals surface area (Å²) in [5.41, 5.74) is 4.16. The molecule has 0 amide bonds. The highest BCUT2D eigenvalue weighted by molar-refractivity contribution is 5.93. The molecule has 0 atom stereocenters. The number of rotatable bonds is 65. The van der Waals surface area contributed by atoms with E-state index in [9.17, 15) is 33.6 Å². The highest BCUT2D eigenvalue weighted by Crippen LogP contribution is 2.40. The van der Waals surface area contributed by atoms with E-state index in [-0.39, 0.29) is 68.1 Å². The molecule has 19 nitrogen and oxygen atoms in total. The lowest BCUT2D eigenvalue weighted by Crippen LogP contribution is -2.13. The molecule has 2 saturated carbocycles. The van der Waals surface area contributed by atoms with Crippen molar-refractivity contribution in [3.8, 4) is 34.5 Å². The zero-order valence-electron chi connectivity index (χ0n) is 77.1. The lowest BCUT2D eigenvalue weighted by atomic mass is 9.77. The lowest BCUT2D eigenvalue weighted by molar-refractivity contribution is -0.150. The standard InChI is InChI=1S/C38H54O7.C36H60O9.C31H44O3/c1-3-5-10-13-30-14-16-31(17-15-30)32-18-24-35(25-19-32)45-38(41)33-20-22-34(23-21-33)43-28-11-8-6-7-9-12-29-44-37(40)27-26-36(39)42-4-2;1-3-5-6-7-11-16-26-41-31-20-21-33(32(30-31)36(40)45-29-19-14-10-15-24-37)42-27-17-12-8-9-13-18-28-44-35(39)23-22-34(38)43-25-4-2;1-3-5-7-8-10-24-33-29-20-18-28(19-21-29)31(32)34-30-22-16-27(17-23-30)26-14-12-25(13-15-26)11-9-6-4-2/h18-25,30-31H,3-17,26-29H2,1-2H3;20-21,30,37H,3-19,22-29H2,1-2H3;16-23,25-26H,3-15,24H2,1-2H3. The molecular weight excluding hydrogens is 1570 g/mol. The molecule has 0 heterocycles. The predicted octanol–water partition coefficient (Wildman–Crippen LogP) is 26.6. The zero-order valence-corrected chi connectivity index (χ0v) is 77.1. The Morgan fingerprint density at radius 1 is 0.282 bits per heavy atom. The molecule has 692 valence electrons. The number of hydrogen-bond acceptors (Lipinski definition) is 19. The van der Waals surface area contributed by atoms with Gasteiger partial charge in [0.1, 0.15) is 40.1 Å².